The molecule has 5 heteroatoms. The SMILES string of the molecule is C=CCC(NC(=O)NC1(C)CCCCC1)C(=O)O. The Morgan fingerprint density at radius 3 is 2.50 bits per heavy atom. The Kier molecular flexibility index (Phi) is 5.19. The normalized spacial score (nSPS) is 19.6. The molecule has 3 N–H and O–H groups in total. The zero-order valence-electron chi connectivity index (χ0n) is 10.9. The number of carbonyl (C=O) groups is 2. The van der Waals surface area contributed by atoms with Crippen LogP contribution in [0, 0.1) is 0 Å². The lowest BCUT2D eigenvalue weighted by atomic mass is 9.83. The number of rotatable bonds is 5. The third-order valence-electron chi connectivity index (χ3n) is 3.38. The van der Waals surface area contributed by atoms with E-state index in [9.17, 15) is 9.59 Å². The molecule has 0 heterocycles. The topological polar surface area (TPSA) is 78.4 Å². The monoisotopic (exact) mass is 254 g/mol. The molecule has 1 atom stereocenters. The van der Waals surface area contributed by atoms with Crippen molar-refractivity contribution in [2.24, 2.45) is 0 Å². The fourth-order valence-corrected chi connectivity index (χ4v) is 2.31. The number of nitrogens with one attached hydrogen (secondary N) is 2. The van der Waals surface area contributed by atoms with Crippen molar-refractivity contribution in [2.45, 2.75) is 57.0 Å². The van der Waals surface area contributed by atoms with Crippen LogP contribution in [0.15, 0.2) is 12.7 Å². The van der Waals surface area contributed by atoms with Crippen molar-refractivity contribution >= 4 is 12.0 Å². The molecule has 0 aromatic heterocycles. The third kappa shape index (κ3) is 4.39. The molecule has 0 aromatic carbocycles. The molecule has 1 aliphatic carbocycles. The maximum atomic E-state index is 11.8. The molecular formula is C13H22N2O3. The number of carbonyl (C=O) groups excluding carboxylic acids is 1. The van der Waals surface area contributed by atoms with Crippen molar-refractivity contribution < 1.29 is 14.7 Å². The fourth-order valence-electron chi connectivity index (χ4n) is 2.31. The molecule has 18 heavy (non-hydrogen) atoms. The van der Waals surface area contributed by atoms with Crippen LogP contribution < -0.4 is 10.6 Å². The number of aliphatic carboxylic acids is 1. The van der Waals surface area contributed by atoms with Crippen molar-refractivity contribution in [3.05, 3.63) is 12.7 Å². The number of hydrogen-bond donors (Lipinski definition) is 3. The van der Waals surface area contributed by atoms with Crippen molar-refractivity contribution in [1.82, 2.24) is 10.6 Å². The summed E-state index contributed by atoms with van der Waals surface area (Å²) >= 11 is 0. The summed E-state index contributed by atoms with van der Waals surface area (Å²) in [5.74, 6) is -1.04. The second-order valence-electron chi connectivity index (χ2n) is 5.13. The summed E-state index contributed by atoms with van der Waals surface area (Å²) < 4.78 is 0. The lowest BCUT2D eigenvalue weighted by Gasteiger charge is -2.34. The van der Waals surface area contributed by atoms with Crippen LogP contribution in [0.5, 0.6) is 0 Å². The highest BCUT2D eigenvalue weighted by atomic mass is 16.4. The molecule has 1 unspecified atom stereocenters. The second kappa shape index (κ2) is 6.42. The van der Waals surface area contributed by atoms with E-state index in [1.54, 1.807) is 0 Å². The predicted octanol–water partition coefficient (Wildman–Crippen LogP) is 2.04. The lowest BCUT2D eigenvalue weighted by Crippen LogP contribution is -2.54. The van der Waals surface area contributed by atoms with E-state index in [0.29, 0.717) is 0 Å². The molecule has 0 saturated heterocycles. The number of hydrogen-bond acceptors (Lipinski definition) is 2. The smallest absolute Gasteiger partial charge is 0.326 e. The second-order valence-corrected chi connectivity index (χ2v) is 5.13. The van der Waals surface area contributed by atoms with E-state index in [0.717, 1.165) is 25.7 Å². The summed E-state index contributed by atoms with van der Waals surface area (Å²) in [5, 5.41) is 14.3. The maximum absolute atomic E-state index is 11.8. The van der Waals surface area contributed by atoms with Crippen molar-refractivity contribution in [3.63, 3.8) is 0 Å². The van der Waals surface area contributed by atoms with Gasteiger partial charge in [0.05, 0.1) is 0 Å². The van der Waals surface area contributed by atoms with Gasteiger partial charge in [0.1, 0.15) is 6.04 Å². The van der Waals surface area contributed by atoms with Crippen LogP contribution in [0.25, 0.3) is 0 Å². The summed E-state index contributed by atoms with van der Waals surface area (Å²) in [6, 6.07) is -1.32. The summed E-state index contributed by atoms with van der Waals surface area (Å²) in [4.78, 5) is 22.7. The molecule has 0 radical (unpaired) electrons. The molecule has 5 nitrogen and oxygen atoms in total. The molecule has 0 aliphatic heterocycles. The van der Waals surface area contributed by atoms with Crippen LogP contribution in [-0.4, -0.2) is 28.7 Å². The van der Waals surface area contributed by atoms with Gasteiger partial charge in [-0.3, -0.25) is 0 Å². The Morgan fingerprint density at radius 1 is 1.39 bits per heavy atom. The Balaban J connectivity index is 2.48. The zero-order valence-corrected chi connectivity index (χ0v) is 10.9. The highest BCUT2D eigenvalue weighted by Crippen LogP contribution is 2.27. The minimum atomic E-state index is -1.04. The zero-order chi connectivity index (χ0) is 13.6. The highest BCUT2D eigenvalue weighted by molar-refractivity contribution is 5.83. The van der Waals surface area contributed by atoms with Crippen LogP contribution >= 0.6 is 0 Å². The first kappa shape index (κ1) is 14.5. The van der Waals surface area contributed by atoms with E-state index >= 15 is 0 Å². The molecule has 0 spiro atoms. The van der Waals surface area contributed by atoms with E-state index in [1.807, 2.05) is 6.92 Å². The Labute approximate surface area is 108 Å². The van der Waals surface area contributed by atoms with Crippen LogP contribution in [0.3, 0.4) is 0 Å². The predicted molar refractivity (Wildman–Crippen MR) is 69.4 cm³/mol. The molecule has 1 aliphatic rings. The molecule has 2 amide bonds. The number of amides is 2. The van der Waals surface area contributed by atoms with E-state index in [1.165, 1.54) is 12.5 Å². The summed E-state index contributed by atoms with van der Waals surface area (Å²) in [7, 11) is 0. The quantitative estimate of drug-likeness (QED) is 0.657. The molecule has 1 saturated carbocycles. The number of carboxylic acid groups (broad SMARTS) is 1. The molecule has 0 aromatic rings. The molecule has 1 rings (SSSR count). The van der Waals surface area contributed by atoms with Gasteiger partial charge in [-0.2, -0.15) is 0 Å². The maximum Gasteiger partial charge on any atom is 0.326 e. The molecule has 1 fully saturated rings. The van der Waals surface area contributed by atoms with Gasteiger partial charge in [0.15, 0.2) is 0 Å². The minimum Gasteiger partial charge on any atom is -0.480 e. The fraction of sp³-hybridized carbons (Fsp3) is 0.692. The molecule has 102 valence electrons. The number of carboxylic acids is 1. The third-order valence-corrected chi connectivity index (χ3v) is 3.38. The van der Waals surface area contributed by atoms with Gasteiger partial charge in [0.25, 0.3) is 0 Å². The van der Waals surface area contributed by atoms with E-state index < -0.39 is 18.0 Å². The van der Waals surface area contributed by atoms with Gasteiger partial charge in [0, 0.05) is 5.54 Å². The standard InChI is InChI=1S/C13H22N2O3/c1-3-7-10(11(16)17)14-12(18)15-13(2)8-5-4-6-9-13/h3,10H,1,4-9H2,2H3,(H,16,17)(H2,14,15,18). The largest absolute Gasteiger partial charge is 0.480 e. The summed E-state index contributed by atoms with van der Waals surface area (Å²) in [5.41, 5.74) is -0.209. The van der Waals surface area contributed by atoms with Gasteiger partial charge in [-0.15, -0.1) is 6.58 Å². The van der Waals surface area contributed by atoms with Gasteiger partial charge < -0.3 is 15.7 Å². The first-order chi connectivity index (χ1) is 8.47. The van der Waals surface area contributed by atoms with Gasteiger partial charge in [0.2, 0.25) is 0 Å². The lowest BCUT2D eigenvalue weighted by molar-refractivity contribution is -0.139. The van der Waals surface area contributed by atoms with Gasteiger partial charge >= 0.3 is 12.0 Å². The first-order valence-electron chi connectivity index (χ1n) is 6.39. The van der Waals surface area contributed by atoms with Crippen LogP contribution in [0.1, 0.15) is 45.4 Å². The number of urea groups is 1. The van der Waals surface area contributed by atoms with Gasteiger partial charge in [-0.05, 0) is 26.2 Å². The Hall–Kier alpha value is -1.52. The van der Waals surface area contributed by atoms with Gasteiger partial charge in [-0.1, -0.05) is 25.3 Å². The average Bonchev–Trinajstić information content (AvgIpc) is 2.28. The highest BCUT2D eigenvalue weighted by Gasteiger charge is 2.29. The molecular weight excluding hydrogens is 232 g/mol. The van der Waals surface area contributed by atoms with E-state index in [4.69, 9.17) is 5.11 Å². The average molecular weight is 254 g/mol. The van der Waals surface area contributed by atoms with Crippen molar-refractivity contribution in [1.29, 1.82) is 0 Å². The van der Waals surface area contributed by atoms with Crippen LogP contribution in [0.2, 0.25) is 0 Å². The van der Waals surface area contributed by atoms with Crippen LogP contribution in [-0.2, 0) is 4.79 Å². The Bertz CT molecular complexity index is 322. The Morgan fingerprint density at radius 2 is 2.00 bits per heavy atom. The summed E-state index contributed by atoms with van der Waals surface area (Å²) in [6.07, 6.45) is 7.00. The van der Waals surface area contributed by atoms with E-state index in [-0.39, 0.29) is 12.0 Å². The summed E-state index contributed by atoms with van der Waals surface area (Å²) in [6.45, 7) is 5.49. The van der Waals surface area contributed by atoms with E-state index in [2.05, 4.69) is 17.2 Å². The minimum absolute atomic E-state index is 0.209. The van der Waals surface area contributed by atoms with Crippen molar-refractivity contribution in [3.8, 4) is 0 Å². The van der Waals surface area contributed by atoms with Crippen LogP contribution in [0.4, 0.5) is 4.79 Å². The molecule has 0 bridgehead atoms. The van der Waals surface area contributed by atoms with Gasteiger partial charge in [-0.25, -0.2) is 9.59 Å². The van der Waals surface area contributed by atoms with Crippen molar-refractivity contribution in [2.75, 3.05) is 0 Å². The first-order valence-corrected chi connectivity index (χ1v) is 6.39.